The maximum Gasteiger partial charge on any atom is 0.129 e. The Morgan fingerprint density at radius 1 is 1.45 bits per heavy atom. The van der Waals surface area contributed by atoms with Gasteiger partial charge >= 0.3 is 0 Å². The third kappa shape index (κ3) is 4.18. The maximum atomic E-state index is 13.9. The second-order valence-electron chi connectivity index (χ2n) is 6.02. The molecule has 1 atom stereocenters. The van der Waals surface area contributed by atoms with Gasteiger partial charge in [-0.1, -0.05) is 31.5 Å². The van der Waals surface area contributed by atoms with E-state index in [9.17, 15) is 4.39 Å². The average molecular weight is 299 g/mol. The molecule has 0 aromatic heterocycles. The molecule has 2 nitrogen and oxygen atoms in total. The molecule has 0 amide bonds. The first kappa shape index (κ1) is 15.7. The molecule has 1 aromatic rings. The van der Waals surface area contributed by atoms with Crippen molar-refractivity contribution in [3.8, 4) is 0 Å². The van der Waals surface area contributed by atoms with E-state index >= 15 is 0 Å². The fraction of sp³-hybridized carbons (Fsp3) is 0.625. The highest BCUT2D eigenvalue weighted by Gasteiger charge is 2.25. The number of nitrogens with zero attached hydrogens (tertiary/aromatic N) is 1. The van der Waals surface area contributed by atoms with E-state index in [0.29, 0.717) is 29.1 Å². The lowest BCUT2D eigenvalue weighted by Crippen LogP contribution is -2.38. The second kappa shape index (κ2) is 7.39. The van der Waals surface area contributed by atoms with Crippen molar-refractivity contribution in [1.82, 2.24) is 10.2 Å². The Morgan fingerprint density at radius 3 is 2.95 bits per heavy atom. The smallest absolute Gasteiger partial charge is 0.129 e. The summed E-state index contributed by atoms with van der Waals surface area (Å²) < 4.78 is 13.9. The van der Waals surface area contributed by atoms with Crippen molar-refractivity contribution < 1.29 is 4.39 Å². The van der Waals surface area contributed by atoms with Gasteiger partial charge in [-0.3, -0.25) is 4.90 Å². The number of rotatable bonds is 6. The van der Waals surface area contributed by atoms with E-state index in [1.807, 2.05) is 0 Å². The number of hydrogen-bond donors (Lipinski definition) is 1. The Balaban J connectivity index is 1.94. The van der Waals surface area contributed by atoms with Crippen molar-refractivity contribution in [2.24, 2.45) is 5.92 Å². The minimum atomic E-state index is -0.196. The van der Waals surface area contributed by atoms with E-state index in [-0.39, 0.29) is 5.82 Å². The summed E-state index contributed by atoms with van der Waals surface area (Å²) >= 11 is 6.12. The zero-order valence-corrected chi connectivity index (χ0v) is 13.1. The Bertz CT molecular complexity index is 416. The monoisotopic (exact) mass is 298 g/mol. The summed E-state index contributed by atoms with van der Waals surface area (Å²) in [5.74, 6) is 0.462. The van der Waals surface area contributed by atoms with Crippen LogP contribution >= 0.6 is 11.6 Å². The molecule has 20 heavy (non-hydrogen) atoms. The van der Waals surface area contributed by atoms with Gasteiger partial charge in [-0.25, -0.2) is 4.39 Å². The van der Waals surface area contributed by atoms with Crippen LogP contribution in [-0.2, 0) is 6.54 Å². The molecule has 1 saturated heterocycles. The molecule has 1 aromatic carbocycles. The van der Waals surface area contributed by atoms with Gasteiger partial charge in [0.25, 0.3) is 0 Å². The van der Waals surface area contributed by atoms with E-state index in [1.165, 1.54) is 18.9 Å². The van der Waals surface area contributed by atoms with Gasteiger partial charge in [0.05, 0.1) is 0 Å². The highest BCUT2D eigenvalue weighted by Crippen LogP contribution is 2.25. The van der Waals surface area contributed by atoms with E-state index in [1.54, 1.807) is 12.1 Å². The summed E-state index contributed by atoms with van der Waals surface area (Å²) in [6.45, 7) is 8.06. The lowest BCUT2D eigenvalue weighted by Gasteiger charge is -2.25. The standard InChI is InChI=1S/C16H24ClFN2/c1-12(2)9-19-10-13-5-4-8-20(13)11-14-15(17)6-3-7-16(14)18/h3,6-7,12-13,19H,4-5,8-11H2,1-2H3. The van der Waals surface area contributed by atoms with Crippen molar-refractivity contribution in [2.45, 2.75) is 39.3 Å². The summed E-state index contributed by atoms with van der Waals surface area (Å²) in [4.78, 5) is 2.34. The summed E-state index contributed by atoms with van der Waals surface area (Å²) in [6.07, 6.45) is 2.36. The quantitative estimate of drug-likeness (QED) is 0.862. The van der Waals surface area contributed by atoms with Crippen LogP contribution in [0.25, 0.3) is 0 Å². The summed E-state index contributed by atoms with van der Waals surface area (Å²) in [6, 6.07) is 5.41. The molecule has 0 aliphatic carbocycles. The molecule has 112 valence electrons. The first-order chi connectivity index (χ1) is 9.58. The molecular formula is C16H24ClFN2. The van der Waals surface area contributed by atoms with Crippen LogP contribution in [0.3, 0.4) is 0 Å². The van der Waals surface area contributed by atoms with Crippen LogP contribution in [0, 0.1) is 11.7 Å². The second-order valence-corrected chi connectivity index (χ2v) is 6.43. The molecule has 1 aliphatic rings. The molecular weight excluding hydrogens is 275 g/mol. The fourth-order valence-electron chi connectivity index (χ4n) is 2.76. The maximum absolute atomic E-state index is 13.9. The Labute approximate surface area is 126 Å². The molecule has 0 bridgehead atoms. The summed E-state index contributed by atoms with van der Waals surface area (Å²) in [7, 11) is 0. The predicted octanol–water partition coefficient (Wildman–Crippen LogP) is 3.69. The van der Waals surface area contributed by atoms with Crippen LogP contribution in [0.4, 0.5) is 4.39 Å². The highest BCUT2D eigenvalue weighted by atomic mass is 35.5. The molecule has 1 N–H and O–H groups in total. The van der Waals surface area contributed by atoms with E-state index in [0.717, 1.165) is 19.6 Å². The van der Waals surface area contributed by atoms with Crippen LogP contribution < -0.4 is 5.32 Å². The van der Waals surface area contributed by atoms with Crippen LogP contribution in [0.15, 0.2) is 18.2 Å². The molecule has 2 rings (SSSR count). The Kier molecular flexibility index (Phi) is 5.82. The summed E-state index contributed by atoms with van der Waals surface area (Å²) in [5.41, 5.74) is 0.630. The molecule has 1 unspecified atom stereocenters. The van der Waals surface area contributed by atoms with Crippen LogP contribution in [-0.4, -0.2) is 30.6 Å². The normalized spacial score (nSPS) is 19.9. The van der Waals surface area contributed by atoms with Gasteiger partial charge in [0.2, 0.25) is 0 Å². The van der Waals surface area contributed by atoms with E-state index in [4.69, 9.17) is 11.6 Å². The Hall–Kier alpha value is -0.640. The van der Waals surface area contributed by atoms with Gasteiger partial charge in [-0.15, -0.1) is 0 Å². The van der Waals surface area contributed by atoms with Gasteiger partial charge in [-0.2, -0.15) is 0 Å². The van der Waals surface area contributed by atoms with E-state index < -0.39 is 0 Å². The number of benzene rings is 1. The average Bonchev–Trinajstić information content (AvgIpc) is 2.81. The van der Waals surface area contributed by atoms with Crippen molar-refractivity contribution in [3.05, 3.63) is 34.6 Å². The van der Waals surface area contributed by atoms with Crippen molar-refractivity contribution >= 4 is 11.6 Å². The number of halogens is 2. The third-order valence-electron chi connectivity index (χ3n) is 3.85. The van der Waals surface area contributed by atoms with E-state index in [2.05, 4.69) is 24.1 Å². The van der Waals surface area contributed by atoms with Gasteiger partial charge < -0.3 is 5.32 Å². The zero-order chi connectivity index (χ0) is 14.5. The van der Waals surface area contributed by atoms with Gasteiger partial charge in [0, 0.05) is 29.7 Å². The SMILES string of the molecule is CC(C)CNCC1CCCN1Cc1c(F)cccc1Cl. The molecule has 1 fully saturated rings. The number of hydrogen-bond acceptors (Lipinski definition) is 2. The molecule has 4 heteroatoms. The Morgan fingerprint density at radius 2 is 2.25 bits per heavy atom. The molecule has 0 radical (unpaired) electrons. The van der Waals surface area contributed by atoms with Crippen LogP contribution in [0.2, 0.25) is 5.02 Å². The molecule has 1 aliphatic heterocycles. The highest BCUT2D eigenvalue weighted by molar-refractivity contribution is 6.31. The number of nitrogens with one attached hydrogen (secondary N) is 1. The summed E-state index contributed by atoms with van der Waals surface area (Å²) in [5, 5.41) is 4.04. The lowest BCUT2D eigenvalue weighted by atomic mass is 10.1. The van der Waals surface area contributed by atoms with Crippen molar-refractivity contribution in [1.29, 1.82) is 0 Å². The predicted molar refractivity (Wildman–Crippen MR) is 82.5 cm³/mol. The molecule has 1 heterocycles. The minimum absolute atomic E-state index is 0.196. The van der Waals surface area contributed by atoms with Crippen molar-refractivity contribution in [3.63, 3.8) is 0 Å². The van der Waals surface area contributed by atoms with Crippen LogP contribution in [0.5, 0.6) is 0 Å². The molecule has 0 spiro atoms. The zero-order valence-electron chi connectivity index (χ0n) is 12.3. The lowest BCUT2D eigenvalue weighted by molar-refractivity contribution is 0.235. The third-order valence-corrected chi connectivity index (χ3v) is 4.21. The van der Waals surface area contributed by atoms with Crippen molar-refractivity contribution in [2.75, 3.05) is 19.6 Å². The topological polar surface area (TPSA) is 15.3 Å². The first-order valence-corrected chi connectivity index (χ1v) is 7.83. The van der Waals surface area contributed by atoms with Gasteiger partial charge in [0.1, 0.15) is 5.82 Å². The number of likely N-dealkylation sites (tertiary alicyclic amines) is 1. The minimum Gasteiger partial charge on any atom is -0.315 e. The fourth-order valence-corrected chi connectivity index (χ4v) is 2.98. The molecule has 0 saturated carbocycles. The van der Waals surface area contributed by atoms with Gasteiger partial charge in [0.15, 0.2) is 0 Å². The van der Waals surface area contributed by atoms with Gasteiger partial charge in [-0.05, 0) is 44.0 Å². The largest absolute Gasteiger partial charge is 0.315 e. The van der Waals surface area contributed by atoms with Crippen LogP contribution in [0.1, 0.15) is 32.3 Å². The first-order valence-electron chi connectivity index (χ1n) is 7.45.